The second-order valence-corrected chi connectivity index (χ2v) is 7.33. The van der Waals surface area contributed by atoms with Crippen molar-refractivity contribution in [1.82, 2.24) is 4.98 Å². The molecule has 138 valence electrons. The number of nitro groups is 1. The number of nitriles is 1. The maximum Gasteiger partial charge on any atom is 0.269 e. The van der Waals surface area contributed by atoms with Crippen molar-refractivity contribution >= 4 is 46.7 Å². The smallest absolute Gasteiger partial charge is 0.258 e. The summed E-state index contributed by atoms with van der Waals surface area (Å²) >= 11 is 13.8. The van der Waals surface area contributed by atoms with Gasteiger partial charge in [0.1, 0.15) is 6.07 Å². The summed E-state index contributed by atoms with van der Waals surface area (Å²) < 4.78 is 0. The summed E-state index contributed by atoms with van der Waals surface area (Å²) in [6.07, 6.45) is 3.33. The number of hydrogen-bond acceptors (Lipinski definition) is 5. The number of benzene rings is 2. The van der Waals surface area contributed by atoms with Crippen LogP contribution in [0.1, 0.15) is 11.3 Å². The molecule has 0 saturated carbocycles. The Morgan fingerprint density at radius 2 is 1.82 bits per heavy atom. The molecule has 0 spiro atoms. The number of nitrogens with zero attached hydrogens (tertiary/aromatic N) is 3. The fourth-order valence-corrected chi connectivity index (χ4v) is 3.69. The van der Waals surface area contributed by atoms with E-state index in [1.165, 1.54) is 23.9 Å². The molecular formula is C20H11Cl2N3O2S. The first-order valence-electron chi connectivity index (χ1n) is 7.92. The SMILES string of the molecule is N#Cc1cc(-c2c(Cl)cccc2Cl)cnc1C=CSc1ccc([N+](=O)[O-])cc1. The minimum atomic E-state index is -0.444. The molecule has 0 amide bonds. The summed E-state index contributed by atoms with van der Waals surface area (Å²) in [6.45, 7) is 0. The third-order valence-electron chi connectivity index (χ3n) is 3.77. The molecule has 0 aliphatic heterocycles. The molecule has 0 N–H and O–H groups in total. The van der Waals surface area contributed by atoms with Gasteiger partial charge < -0.3 is 0 Å². The third-order valence-corrected chi connectivity index (χ3v) is 5.21. The van der Waals surface area contributed by atoms with E-state index in [4.69, 9.17) is 23.2 Å². The first-order valence-corrected chi connectivity index (χ1v) is 9.55. The van der Waals surface area contributed by atoms with Gasteiger partial charge in [-0.2, -0.15) is 5.26 Å². The zero-order valence-electron chi connectivity index (χ0n) is 14.2. The van der Waals surface area contributed by atoms with Crippen molar-refractivity contribution in [1.29, 1.82) is 5.26 Å². The maximum absolute atomic E-state index is 10.7. The van der Waals surface area contributed by atoms with Gasteiger partial charge in [0, 0.05) is 44.4 Å². The fraction of sp³-hybridized carbons (Fsp3) is 0. The first kappa shape index (κ1) is 19.9. The van der Waals surface area contributed by atoms with Crippen LogP contribution in [0.5, 0.6) is 0 Å². The van der Waals surface area contributed by atoms with Gasteiger partial charge in [-0.15, -0.1) is 0 Å². The maximum atomic E-state index is 10.7. The molecule has 0 bridgehead atoms. The molecule has 1 aromatic heterocycles. The van der Waals surface area contributed by atoms with E-state index in [2.05, 4.69) is 11.1 Å². The quantitative estimate of drug-likeness (QED) is 0.260. The molecular weight excluding hydrogens is 417 g/mol. The fourth-order valence-electron chi connectivity index (χ4n) is 2.43. The monoisotopic (exact) mass is 427 g/mol. The lowest BCUT2D eigenvalue weighted by atomic mass is 10.0. The van der Waals surface area contributed by atoms with E-state index in [0.717, 1.165) is 4.90 Å². The molecule has 3 aromatic rings. The van der Waals surface area contributed by atoms with Crippen LogP contribution >= 0.6 is 35.0 Å². The molecule has 0 radical (unpaired) electrons. The number of aromatic nitrogens is 1. The lowest BCUT2D eigenvalue weighted by molar-refractivity contribution is -0.384. The number of pyridine rings is 1. The van der Waals surface area contributed by atoms with Crippen LogP contribution in [0.3, 0.4) is 0 Å². The normalized spacial score (nSPS) is 10.8. The molecule has 8 heteroatoms. The van der Waals surface area contributed by atoms with Crippen LogP contribution in [0.15, 0.2) is 65.0 Å². The minimum absolute atomic E-state index is 0.0376. The molecule has 28 heavy (non-hydrogen) atoms. The van der Waals surface area contributed by atoms with E-state index in [0.29, 0.717) is 32.4 Å². The van der Waals surface area contributed by atoms with E-state index in [9.17, 15) is 15.4 Å². The topological polar surface area (TPSA) is 79.8 Å². The second-order valence-electron chi connectivity index (χ2n) is 5.54. The molecule has 0 aliphatic carbocycles. The van der Waals surface area contributed by atoms with Gasteiger partial charge in [0.25, 0.3) is 5.69 Å². The summed E-state index contributed by atoms with van der Waals surface area (Å²) in [5, 5.41) is 22.9. The van der Waals surface area contributed by atoms with Crippen molar-refractivity contribution in [3.05, 3.63) is 91.6 Å². The van der Waals surface area contributed by atoms with Gasteiger partial charge in [-0.1, -0.05) is 41.0 Å². The summed E-state index contributed by atoms with van der Waals surface area (Å²) in [5.41, 5.74) is 2.21. The van der Waals surface area contributed by atoms with Crippen LogP contribution in [0.4, 0.5) is 5.69 Å². The van der Waals surface area contributed by atoms with Crippen molar-refractivity contribution in [2.24, 2.45) is 0 Å². The van der Waals surface area contributed by atoms with Crippen LogP contribution in [-0.2, 0) is 0 Å². The minimum Gasteiger partial charge on any atom is -0.258 e. The van der Waals surface area contributed by atoms with E-state index < -0.39 is 4.92 Å². The number of hydrogen-bond donors (Lipinski definition) is 0. The van der Waals surface area contributed by atoms with Gasteiger partial charge >= 0.3 is 0 Å². The van der Waals surface area contributed by atoms with Gasteiger partial charge in [0.05, 0.1) is 16.2 Å². The molecule has 2 aromatic carbocycles. The zero-order chi connectivity index (χ0) is 20.1. The Hall–Kier alpha value is -2.85. The summed E-state index contributed by atoms with van der Waals surface area (Å²) in [5.74, 6) is 0. The van der Waals surface area contributed by atoms with E-state index >= 15 is 0 Å². The third kappa shape index (κ3) is 4.52. The number of rotatable bonds is 5. The van der Waals surface area contributed by atoms with Crippen LogP contribution in [0, 0.1) is 21.4 Å². The van der Waals surface area contributed by atoms with Crippen LogP contribution in [0.25, 0.3) is 17.2 Å². The predicted octanol–water partition coefficient (Wildman–Crippen LogP) is 6.60. The van der Waals surface area contributed by atoms with E-state index in [1.54, 1.807) is 54.1 Å². The predicted molar refractivity (Wildman–Crippen MR) is 112 cm³/mol. The zero-order valence-corrected chi connectivity index (χ0v) is 16.5. The Bertz CT molecular complexity index is 1090. The van der Waals surface area contributed by atoms with E-state index in [1.807, 2.05) is 0 Å². The Kier molecular flexibility index (Phi) is 6.32. The molecule has 0 fully saturated rings. The summed E-state index contributed by atoms with van der Waals surface area (Å²) in [6, 6.07) is 15.2. The van der Waals surface area contributed by atoms with E-state index in [-0.39, 0.29) is 5.69 Å². The Balaban J connectivity index is 1.82. The largest absolute Gasteiger partial charge is 0.269 e. The molecule has 3 rings (SSSR count). The standard InChI is InChI=1S/C20H11Cl2N3O2S/c21-17-2-1-3-18(22)20(17)14-10-13(11-23)19(24-12-14)8-9-28-16-6-4-15(5-7-16)25(26)27/h1-10,12H. The van der Waals surface area contributed by atoms with Crippen LogP contribution < -0.4 is 0 Å². The number of thioether (sulfide) groups is 1. The second kappa shape index (κ2) is 8.89. The molecule has 0 unspecified atom stereocenters. The van der Waals surface area contributed by atoms with Crippen LogP contribution in [0.2, 0.25) is 10.0 Å². The molecule has 0 aliphatic rings. The summed E-state index contributed by atoms with van der Waals surface area (Å²) in [7, 11) is 0. The highest BCUT2D eigenvalue weighted by molar-refractivity contribution is 8.02. The van der Waals surface area contributed by atoms with Crippen molar-refractivity contribution in [3.63, 3.8) is 0 Å². The molecule has 1 heterocycles. The van der Waals surface area contributed by atoms with Gasteiger partial charge in [0.15, 0.2) is 0 Å². The van der Waals surface area contributed by atoms with Crippen molar-refractivity contribution in [2.75, 3.05) is 0 Å². The average Bonchev–Trinajstić information content (AvgIpc) is 2.69. The van der Waals surface area contributed by atoms with Crippen LogP contribution in [-0.4, -0.2) is 9.91 Å². The van der Waals surface area contributed by atoms with Crippen molar-refractivity contribution < 1.29 is 4.92 Å². The Labute approximate surface area is 175 Å². The van der Waals surface area contributed by atoms with Crippen molar-refractivity contribution in [3.8, 4) is 17.2 Å². The van der Waals surface area contributed by atoms with Gasteiger partial charge in [-0.3, -0.25) is 15.1 Å². The summed E-state index contributed by atoms with van der Waals surface area (Å²) in [4.78, 5) is 15.4. The van der Waals surface area contributed by atoms with Gasteiger partial charge in [-0.05, 0) is 41.8 Å². The lowest BCUT2D eigenvalue weighted by Crippen LogP contribution is -1.91. The Morgan fingerprint density at radius 3 is 2.43 bits per heavy atom. The Morgan fingerprint density at radius 1 is 1.14 bits per heavy atom. The number of halogens is 2. The number of nitro benzene ring substituents is 1. The lowest BCUT2D eigenvalue weighted by Gasteiger charge is -2.08. The highest BCUT2D eigenvalue weighted by atomic mass is 35.5. The highest BCUT2D eigenvalue weighted by Gasteiger charge is 2.11. The number of non-ortho nitro benzene ring substituents is 1. The molecule has 0 saturated heterocycles. The van der Waals surface area contributed by atoms with Crippen molar-refractivity contribution in [2.45, 2.75) is 4.90 Å². The van der Waals surface area contributed by atoms with Gasteiger partial charge in [-0.25, -0.2) is 0 Å². The first-order chi connectivity index (χ1) is 13.5. The van der Waals surface area contributed by atoms with Gasteiger partial charge in [0.2, 0.25) is 0 Å². The average molecular weight is 428 g/mol. The molecule has 5 nitrogen and oxygen atoms in total. The highest BCUT2D eigenvalue weighted by Crippen LogP contribution is 2.35. The molecule has 0 atom stereocenters.